The first kappa shape index (κ1) is 9.31. The monoisotopic (exact) mass is 277 g/mol. The van der Waals surface area contributed by atoms with Crippen molar-refractivity contribution >= 4 is 34.8 Å². The number of hydrogen-bond donors (Lipinski definition) is 1. The molecule has 1 N–H and O–H groups in total. The summed E-state index contributed by atoms with van der Waals surface area (Å²) in [6.45, 7) is 0.629. The summed E-state index contributed by atoms with van der Waals surface area (Å²) in [5, 5.41) is 2.92. The van der Waals surface area contributed by atoms with Gasteiger partial charge >= 0.3 is 0 Å². The summed E-state index contributed by atoms with van der Waals surface area (Å²) >= 11 is 2.23. The molecule has 0 aliphatic rings. The highest BCUT2D eigenvalue weighted by atomic mass is 127. The van der Waals surface area contributed by atoms with Crippen molar-refractivity contribution in [3.63, 3.8) is 0 Å². The van der Waals surface area contributed by atoms with E-state index in [0.717, 1.165) is 5.69 Å². The molecule has 0 amide bonds. The highest BCUT2D eigenvalue weighted by molar-refractivity contribution is 14.1. The molecule has 0 fully saturated rings. The molecule has 1 aromatic carbocycles. The smallest absolute Gasteiger partial charge is 0.294 e. The van der Waals surface area contributed by atoms with Crippen molar-refractivity contribution in [3.8, 4) is 0 Å². The number of hydrogen-bond acceptors (Lipinski definition) is 3. The van der Waals surface area contributed by atoms with Crippen molar-refractivity contribution in [2.24, 2.45) is 0 Å². The van der Waals surface area contributed by atoms with Crippen molar-refractivity contribution in [1.29, 1.82) is 0 Å². The van der Waals surface area contributed by atoms with Crippen LogP contribution < -0.4 is 5.32 Å². The first-order valence-corrected chi connectivity index (χ1v) is 4.45. The third-order valence-corrected chi connectivity index (χ3v) is 1.99. The summed E-state index contributed by atoms with van der Waals surface area (Å²) in [4.78, 5) is 9.79. The molecule has 0 aromatic heterocycles. The van der Waals surface area contributed by atoms with Crippen molar-refractivity contribution in [1.82, 2.24) is 0 Å². The van der Waals surface area contributed by atoms with Gasteiger partial charge in [0.05, 0.1) is 0 Å². The highest BCUT2D eigenvalue weighted by Crippen LogP contribution is 2.10. The van der Waals surface area contributed by atoms with Gasteiger partial charge < -0.3 is 10.1 Å². The molecule has 0 bridgehead atoms. The molecule has 4 heteroatoms. The molecule has 3 nitrogen and oxygen atoms in total. The Balaban J connectivity index is 2.42. The van der Waals surface area contributed by atoms with E-state index >= 15 is 0 Å². The van der Waals surface area contributed by atoms with E-state index in [1.54, 1.807) is 0 Å². The molecule has 0 atom stereocenters. The summed E-state index contributed by atoms with van der Waals surface area (Å²) in [6.07, 6.45) is 0. The van der Waals surface area contributed by atoms with Crippen LogP contribution >= 0.6 is 22.6 Å². The van der Waals surface area contributed by atoms with E-state index in [0.29, 0.717) is 6.47 Å². The van der Waals surface area contributed by atoms with Gasteiger partial charge in [0, 0.05) is 9.26 Å². The van der Waals surface area contributed by atoms with E-state index in [1.165, 1.54) is 3.57 Å². The minimum Gasteiger partial charge on any atom is -0.447 e. The number of halogens is 1. The van der Waals surface area contributed by atoms with E-state index in [2.05, 4.69) is 32.6 Å². The number of carbonyl (C=O) groups is 1. The molecule has 0 aliphatic heterocycles. The summed E-state index contributed by atoms with van der Waals surface area (Å²) in [6, 6.07) is 7.81. The first-order chi connectivity index (χ1) is 5.83. The van der Waals surface area contributed by atoms with Gasteiger partial charge in [0.1, 0.15) is 0 Å². The molecule has 0 aliphatic carbocycles. The lowest BCUT2D eigenvalue weighted by Crippen LogP contribution is -2.04. The highest BCUT2D eigenvalue weighted by Gasteiger charge is 1.89. The van der Waals surface area contributed by atoms with Crippen LogP contribution in [0.25, 0.3) is 0 Å². The summed E-state index contributed by atoms with van der Waals surface area (Å²) in [7, 11) is 0. The maximum absolute atomic E-state index is 9.79. The molecule has 1 rings (SSSR count). The average molecular weight is 277 g/mol. The largest absolute Gasteiger partial charge is 0.447 e. The lowest BCUT2D eigenvalue weighted by molar-refractivity contribution is -0.127. The predicted octanol–water partition coefficient (Wildman–Crippen LogP) is 1.83. The van der Waals surface area contributed by atoms with E-state index in [9.17, 15) is 4.79 Å². The minimum atomic E-state index is 0.212. The first-order valence-electron chi connectivity index (χ1n) is 3.37. The fraction of sp³-hybridized carbons (Fsp3) is 0.125. The zero-order valence-corrected chi connectivity index (χ0v) is 8.45. The van der Waals surface area contributed by atoms with E-state index in [1.807, 2.05) is 24.3 Å². The van der Waals surface area contributed by atoms with Gasteiger partial charge in [-0.15, -0.1) is 0 Å². The van der Waals surface area contributed by atoms with Gasteiger partial charge in [-0.05, 0) is 46.9 Å². The number of anilines is 1. The zero-order valence-electron chi connectivity index (χ0n) is 6.29. The Morgan fingerprint density at radius 2 is 2.08 bits per heavy atom. The van der Waals surface area contributed by atoms with Crippen LogP contribution in [0, 0.1) is 3.57 Å². The quantitative estimate of drug-likeness (QED) is 0.395. The Bertz CT molecular complexity index is 248. The van der Waals surface area contributed by atoms with Gasteiger partial charge in [-0.3, -0.25) is 4.79 Å². The number of rotatable bonds is 4. The van der Waals surface area contributed by atoms with Crippen LogP contribution in [-0.2, 0) is 9.53 Å². The molecule has 0 unspecified atom stereocenters. The fourth-order valence-electron chi connectivity index (χ4n) is 0.727. The SMILES string of the molecule is O=COCNc1ccc(I)cc1. The van der Waals surface area contributed by atoms with Crippen LogP contribution in [0.3, 0.4) is 0 Å². The van der Waals surface area contributed by atoms with E-state index < -0.39 is 0 Å². The maximum atomic E-state index is 9.79. The standard InChI is InChI=1S/C8H8INO2/c9-7-1-3-8(4-2-7)10-5-12-6-11/h1-4,6,10H,5H2. The Hall–Kier alpha value is -0.780. The van der Waals surface area contributed by atoms with Crippen molar-refractivity contribution < 1.29 is 9.53 Å². The lowest BCUT2D eigenvalue weighted by atomic mass is 10.3. The van der Waals surface area contributed by atoms with E-state index in [4.69, 9.17) is 0 Å². The molecule has 12 heavy (non-hydrogen) atoms. The van der Waals surface area contributed by atoms with Crippen molar-refractivity contribution in [2.75, 3.05) is 12.0 Å². The average Bonchev–Trinajstić information content (AvgIpc) is 2.09. The predicted molar refractivity (Wildman–Crippen MR) is 54.8 cm³/mol. The fourth-order valence-corrected chi connectivity index (χ4v) is 1.09. The third-order valence-electron chi connectivity index (χ3n) is 1.27. The lowest BCUT2D eigenvalue weighted by Gasteiger charge is -2.03. The van der Waals surface area contributed by atoms with Gasteiger partial charge in [0.15, 0.2) is 6.73 Å². The molecular formula is C8H8INO2. The van der Waals surface area contributed by atoms with Crippen LogP contribution in [0.1, 0.15) is 0 Å². The number of carbonyl (C=O) groups excluding carboxylic acids is 1. The normalized spacial score (nSPS) is 9.08. The van der Waals surface area contributed by atoms with Gasteiger partial charge in [0.2, 0.25) is 0 Å². The Morgan fingerprint density at radius 3 is 2.67 bits per heavy atom. The van der Waals surface area contributed by atoms with Crippen LogP contribution in [0.15, 0.2) is 24.3 Å². The van der Waals surface area contributed by atoms with Gasteiger partial charge in [0.25, 0.3) is 6.47 Å². The second kappa shape index (κ2) is 4.97. The third kappa shape index (κ3) is 3.08. The molecular weight excluding hydrogens is 269 g/mol. The maximum Gasteiger partial charge on any atom is 0.294 e. The molecule has 0 saturated heterocycles. The second-order valence-corrected chi connectivity index (χ2v) is 3.34. The molecule has 0 saturated carbocycles. The molecule has 64 valence electrons. The van der Waals surface area contributed by atoms with Gasteiger partial charge in [-0.1, -0.05) is 0 Å². The number of nitrogens with one attached hydrogen (secondary N) is 1. The van der Waals surface area contributed by atoms with Gasteiger partial charge in [-0.25, -0.2) is 0 Å². The molecule has 0 radical (unpaired) electrons. The van der Waals surface area contributed by atoms with Crippen molar-refractivity contribution in [2.45, 2.75) is 0 Å². The zero-order chi connectivity index (χ0) is 8.81. The number of ether oxygens (including phenoxy) is 1. The summed E-state index contributed by atoms with van der Waals surface area (Å²) in [5.74, 6) is 0. The van der Waals surface area contributed by atoms with Gasteiger partial charge in [-0.2, -0.15) is 0 Å². The Kier molecular flexibility index (Phi) is 3.86. The summed E-state index contributed by atoms with van der Waals surface area (Å²) in [5.41, 5.74) is 0.942. The molecule has 0 heterocycles. The summed E-state index contributed by atoms with van der Waals surface area (Å²) < 4.78 is 5.65. The number of benzene rings is 1. The minimum absolute atomic E-state index is 0.212. The van der Waals surface area contributed by atoms with E-state index in [-0.39, 0.29) is 6.73 Å². The van der Waals surface area contributed by atoms with Crippen LogP contribution in [0.4, 0.5) is 5.69 Å². The Morgan fingerprint density at radius 1 is 1.42 bits per heavy atom. The molecule has 1 aromatic rings. The topological polar surface area (TPSA) is 38.3 Å². The molecule has 0 spiro atoms. The van der Waals surface area contributed by atoms with Crippen LogP contribution in [0.5, 0.6) is 0 Å². The van der Waals surface area contributed by atoms with Crippen LogP contribution in [-0.4, -0.2) is 13.2 Å². The van der Waals surface area contributed by atoms with Crippen LogP contribution in [0.2, 0.25) is 0 Å². The van der Waals surface area contributed by atoms with Crippen molar-refractivity contribution in [3.05, 3.63) is 27.8 Å². The second-order valence-electron chi connectivity index (χ2n) is 2.09. The Labute approximate surface area is 84.2 Å².